The smallest absolute Gasteiger partial charge is 0.270 e. The lowest BCUT2D eigenvalue weighted by Gasteiger charge is -2.23. The third-order valence-electron chi connectivity index (χ3n) is 4.52. The Labute approximate surface area is 155 Å². The van der Waals surface area contributed by atoms with E-state index in [1.54, 1.807) is 12.3 Å². The van der Waals surface area contributed by atoms with E-state index in [9.17, 15) is 4.79 Å². The van der Waals surface area contributed by atoms with Gasteiger partial charge in [-0.2, -0.15) is 0 Å². The zero-order chi connectivity index (χ0) is 18.6. The number of pyridine rings is 1. The molecule has 0 spiro atoms. The molecule has 1 fully saturated rings. The van der Waals surface area contributed by atoms with Gasteiger partial charge in [0, 0.05) is 30.7 Å². The SMILES string of the molecule is CC(C)(C)c1ccccc1Nc1ccnc(C(=O)NCC2CCCO2)c1. The van der Waals surface area contributed by atoms with Gasteiger partial charge in [-0.3, -0.25) is 9.78 Å². The van der Waals surface area contributed by atoms with Gasteiger partial charge in [0.15, 0.2) is 0 Å². The van der Waals surface area contributed by atoms with Gasteiger partial charge in [-0.05, 0) is 42.0 Å². The van der Waals surface area contributed by atoms with Crippen molar-refractivity contribution >= 4 is 17.3 Å². The Morgan fingerprint density at radius 2 is 2.08 bits per heavy atom. The Hall–Kier alpha value is -2.40. The number of aromatic nitrogens is 1. The van der Waals surface area contributed by atoms with Crippen molar-refractivity contribution in [2.75, 3.05) is 18.5 Å². The Bertz CT molecular complexity index is 762. The minimum Gasteiger partial charge on any atom is -0.376 e. The van der Waals surface area contributed by atoms with Crippen LogP contribution < -0.4 is 10.6 Å². The Morgan fingerprint density at radius 1 is 1.27 bits per heavy atom. The molecule has 5 nitrogen and oxygen atoms in total. The van der Waals surface area contributed by atoms with Crippen molar-refractivity contribution in [3.05, 3.63) is 53.9 Å². The fraction of sp³-hybridized carbons (Fsp3) is 0.429. The standard InChI is InChI=1S/C21H27N3O2/c1-21(2,3)17-8-4-5-9-18(17)24-15-10-11-22-19(13-15)20(25)23-14-16-7-6-12-26-16/h4-5,8-11,13,16H,6-7,12,14H2,1-3H3,(H,22,24)(H,23,25). The summed E-state index contributed by atoms with van der Waals surface area (Å²) in [4.78, 5) is 16.6. The molecule has 1 aromatic heterocycles. The number of benzene rings is 1. The van der Waals surface area contributed by atoms with Gasteiger partial charge in [0.25, 0.3) is 5.91 Å². The third kappa shape index (κ3) is 4.61. The molecule has 1 amide bonds. The summed E-state index contributed by atoms with van der Waals surface area (Å²) in [5.74, 6) is -0.173. The summed E-state index contributed by atoms with van der Waals surface area (Å²) in [7, 11) is 0. The molecule has 2 N–H and O–H groups in total. The molecule has 1 aromatic carbocycles. The highest BCUT2D eigenvalue weighted by atomic mass is 16.5. The maximum atomic E-state index is 12.4. The van der Waals surface area contributed by atoms with Gasteiger partial charge in [-0.15, -0.1) is 0 Å². The summed E-state index contributed by atoms with van der Waals surface area (Å²) in [5, 5.41) is 6.34. The molecule has 0 bridgehead atoms. The summed E-state index contributed by atoms with van der Waals surface area (Å²) >= 11 is 0. The molecule has 5 heteroatoms. The molecular weight excluding hydrogens is 326 g/mol. The summed E-state index contributed by atoms with van der Waals surface area (Å²) in [6.07, 6.45) is 3.84. The molecule has 1 unspecified atom stereocenters. The monoisotopic (exact) mass is 353 g/mol. The van der Waals surface area contributed by atoms with Crippen molar-refractivity contribution in [3.8, 4) is 0 Å². The average Bonchev–Trinajstić information content (AvgIpc) is 3.13. The van der Waals surface area contributed by atoms with E-state index in [2.05, 4.69) is 48.5 Å². The lowest BCUT2D eigenvalue weighted by atomic mass is 9.86. The van der Waals surface area contributed by atoms with Crippen molar-refractivity contribution < 1.29 is 9.53 Å². The minimum absolute atomic E-state index is 0.0259. The van der Waals surface area contributed by atoms with E-state index in [4.69, 9.17) is 4.74 Å². The van der Waals surface area contributed by atoms with E-state index in [0.29, 0.717) is 12.2 Å². The lowest BCUT2D eigenvalue weighted by Crippen LogP contribution is -2.32. The first kappa shape index (κ1) is 18.4. The number of rotatable bonds is 5. The number of carbonyl (C=O) groups excluding carboxylic acids is 1. The van der Waals surface area contributed by atoms with E-state index in [-0.39, 0.29) is 17.4 Å². The van der Waals surface area contributed by atoms with Crippen LogP contribution in [-0.2, 0) is 10.2 Å². The van der Waals surface area contributed by atoms with Crippen molar-refractivity contribution in [1.29, 1.82) is 0 Å². The van der Waals surface area contributed by atoms with Gasteiger partial charge in [-0.1, -0.05) is 39.0 Å². The number of ether oxygens (including phenoxy) is 1. The number of para-hydroxylation sites is 1. The maximum absolute atomic E-state index is 12.4. The maximum Gasteiger partial charge on any atom is 0.270 e. The van der Waals surface area contributed by atoms with E-state index in [1.165, 1.54) is 5.56 Å². The van der Waals surface area contributed by atoms with Crippen LogP contribution in [0.15, 0.2) is 42.6 Å². The normalized spacial score (nSPS) is 17.1. The van der Waals surface area contributed by atoms with E-state index < -0.39 is 0 Å². The van der Waals surface area contributed by atoms with Crippen LogP contribution in [0.25, 0.3) is 0 Å². The molecule has 2 heterocycles. The quantitative estimate of drug-likeness (QED) is 0.852. The zero-order valence-electron chi connectivity index (χ0n) is 15.7. The number of hydrogen-bond donors (Lipinski definition) is 2. The molecule has 26 heavy (non-hydrogen) atoms. The largest absolute Gasteiger partial charge is 0.376 e. The number of hydrogen-bond acceptors (Lipinski definition) is 4. The van der Waals surface area contributed by atoms with Crippen LogP contribution in [0.5, 0.6) is 0 Å². The van der Waals surface area contributed by atoms with Crippen LogP contribution in [0.1, 0.15) is 49.7 Å². The molecule has 1 saturated heterocycles. The van der Waals surface area contributed by atoms with Crippen LogP contribution in [0.2, 0.25) is 0 Å². The highest BCUT2D eigenvalue weighted by molar-refractivity contribution is 5.93. The van der Waals surface area contributed by atoms with E-state index in [1.807, 2.05) is 18.2 Å². The van der Waals surface area contributed by atoms with Gasteiger partial charge < -0.3 is 15.4 Å². The number of nitrogens with one attached hydrogen (secondary N) is 2. The molecule has 0 radical (unpaired) electrons. The predicted octanol–water partition coefficient (Wildman–Crippen LogP) is 4.03. The zero-order valence-corrected chi connectivity index (χ0v) is 15.7. The Morgan fingerprint density at radius 3 is 2.81 bits per heavy atom. The molecule has 1 aliphatic rings. The fourth-order valence-electron chi connectivity index (χ4n) is 3.14. The number of nitrogens with zero attached hydrogens (tertiary/aromatic N) is 1. The second-order valence-electron chi connectivity index (χ2n) is 7.70. The fourth-order valence-corrected chi connectivity index (χ4v) is 3.14. The van der Waals surface area contributed by atoms with Crippen molar-refractivity contribution in [1.82, 2.24) is 10.3 Å². The van der Waals surface area contributed by atoms with Crippen molar-refractivity contribution in [2.45, 2.75) is 45.1 Å². The van der Waals surface area contributed by atoms with Gasteiger partial charge in [0.2, 0.25) is 0 Å². The number of amides is 1. The summed E-state index contributed by atoms with van der Waals surface area (Å²) in [5.41, 5.74) is 3.54. The molecule has 2 aromatic rings. The van der Waals surface area contributed by atoms with Crippen LogP contribution in [0.3, 0.4) is 0 Å². The molecule has 1 atom stereocenters. The summed E-state index contributed by atoms with van der Waals surface area (Å²) in [6, 6.07) is 11.9. The van der Waals surface area contributed by atoms with Gasteiger partial charge >= 0.3 is 0 Å². The van der Waals surface area contributed by atoms with E-state index in [0.717, 1.165) is 30.8 Å². The Balaban J connectivity index is 1.70. The minimum atomic E-state index is -0.173. The topological polar surface area (TPSA) is 63.2 Å². The molecule has 0 aliphatic carbocycles. The Kier molecular flexibility index (Phi) is 5.57. The number of carbonyl (C=O) groups is 1. The molecule has 0 saturated carbocycles. The van der Waals surface area contributed by atoms with Crippen LogP contribution in [-0.4, -0.2) is 30.1 Å². The summed E-state index contributed by atoms with van der Waals surface area (Å²) < 4.78 is 5.54. The second-order valence-corrected chi connectivity index (χ2v) is 7.70. The molecule has 138 valence electrons. The first-order valence-electron chi connectivity index (χ1n) is 9.16. The lowest BCUT2D eigenvalue weighted by molar-refractivity contribution is 0.0854. The van der Waals surface area contributed by atoms with Gasteiger partial charge in [-0.25, -0.2) is 0 Å². The van der Waals surface area contributed by atoms with Crippen LogP contribution in [0.4, 0.5) is 11.4 Å². The first-order chi connectivity index (χ1) is 12.4. The van der Waals surface area contributed by atoms with Gasteiger partial charge in [0.1, 0.15) is 5.69 Å². The molecule has 3 rings (SSSR count). The van der Waals surface area contributed by atoms with Crippen molar-refractivity contribution in [2.24, 2.45) is 0 Å². The van der Waals surface area contributed by atoms with Crippen LogP contribution in [0, 0.1) is 0 Å². The predicted molar refractivity (Wildman–Crippen MR) is 104 cm³/mol. The summed E-state index contributed by atoms with van der Waals surface area (Å²) in [6.45, 7) is 7.87. The highest BCUT2D eigenvalue weighted by Crippen LogP contribution is 2.31. The van der Waals surface area contributed by atoms with Crippen LogP contribution >= 0.6 is 0 Å². The van der Waals surface area contributed by atoms with Gasteiger partial charge in [0.05, 0.1) is 6.10 Å². The first-order valence-corrected chi connectivity index (χ1v) is 9.16. The van der Waals surface area contributed by atoms with Crippen molar-refractivity contribution in [3.63, 3.8) is 0 Å². The molecular formula is C21H27N3O2. The second kappa shape index (κ2) is 7.87. The molecule has 1 aliphatic heterocycles. The average molecular weight is 353 g/mol. The highest BCUT2D eigenvalue weighted by Gasteiger charge is 2.19. The third-order valence-corrected chi connectivity index (χ3v) is 4.52. The van der Waals surface area contributed by atoms with E-state index >= 15 is 0 Å². The number of anilines is 2.